The number of rotatable bonds is 7. The third-order valence-corrected chi connectivity index (χ3v) is 14.5. The average Bonchev–Trinajstić information content (AvgIpc) is 3.79. The molecule has 0 aliphatic heterocycles. The van der Waals surface area contributed by atoms with Crippen molar-refractivity contribution in [3.05, 3.63) is 240 Å². The summed E-state index contributed by atoms with van der Waals surface area (Å²) in [6.07, 6.45) is 31.1. The standard InChI is InChI=1S/C60H48N4/c1-59(2)51-35-41(26-30-47(51)48-32-28-43(37-52(48)59)55-25-15-16-34-61-55)42-27-31-49-50-33-29-44(58-63-56(39-17-7-3-8-18-39)62-57(64-58)40-19-9-4-10-20-40)38-54(50)60(53(49)36-42,45-21-11-5-12-22-45)46-23-13-6-14-24-46/h3-17,19,21-23,25-40,46H,18,20,24H2,1-2H3. The molecule has 0 amide bonds. The summed E-state index contributed by atoms with van der Waals surface area (Å²) in [5, 5.41) is 0. The maximum Gasteiger partial charge on any atom is 0.163 e. The van der Waals surface area contributed by atoms with Gasteiger partial charge in [0.05, 0.1) is 11.1 Å². The van der Waals surface area contributed by atoms with E-state index in [1.54, 1.807) is 0 Å². The lowest BCUT2D eigenvalue weighted by Crippen LogP contribution is -2.35. The van der Waals surface area contributed by atoms with Crippen LogP contribution in [0.1, 0.15) is 84.4 Å². The van der Waals surface area contributed by atoms with Gasteiger partial charge in [0.1, 0.15) is 11.6 Å². The second kappa shape index (κ2) is 15.2. The van der Waals surface area contributed by atoms with Crippen LogP contribution < -0.4 is 0 Å². The molecule has 0 fully saturated rings. The first kappa shape index (κ1) is 38.4. The van der Waals surface area contributed by atoms with Crippen molar-refractivity contribution in [2.24, 2.45) is 5.92 Å². The van der Waals surface area contributed by atoms with Crippen molar-refractivity contribution in [3.63, 3.8) is 0 Å². The summed E-state index contributed by atoms with van der Waals surface area (Å²) >= 11 is 0. The van der Waals surface area contributed by atoms with E-state index in [1.807, 2.05) is 12.3 Å². The van der Waals surface area contributed by atoms with Crippen molar-refractivity contribution in [2.45, 2.75) is 55.8 Å². The van der Waals surface area contributed by atoms with Crippen LogP contribution in [0.5, 0.6) is 0 Å². The van der Waals surface area contributed by atoms with Crippen molar-refractivity contribution >= 4 is 0 Å². The van der Waals surface area contributed by atoms with Crippen LogP contribution in [-0.2, 0) is 10.8 Å². The Labute approximate surface area is 376 Å². The number of pyridine rings is 1. The topological polar surface area (TPSA) is 51.6 Å². The first-order valence-electron chi connectivity index (χ1n) is 22.8. The monoisotopic (exact) mass is 824 g/mol. The molecule has 0 spiro atoms. The van der Waals surface area contributed by atoms with Gasteiger partial charge in [0.25, 0.3) is 0 Å². The van der Waals surface area contributed by atoms with E-state index in [0.717, 1.165) is 53.6 Å². The lowest BCUT2D eigenvalue weighted by molar-refractivity contribution is 0.457. The maximum absolute atomic E-state index is 5.28. The molecule has 2 aromatic heterocycles. The summed E-state index contributed by atoms with van der Waals surface area (Å²) in [5.74, 6) is 2.80. The number of allylic oxidation sites excluding steroid dienone is 12. The third kappa shape index (κ3) is 6.11. The highest BCUT2D eigenvalue weighted by atomic mass is 15.0. The van der Waals surface area contributed by atoms with Crippen molar-refractivity contribution in [2.75, 3.05) is 0 Å². The second-order valence-electron chi connectivity index (χ2n) is 18.4. The Morgan fingerprint density at radius 2 is 0.969 bits per heavy atom. The van der Waals surface area contributed by atoms with Gasteiger partial charge in [0.2, 0.25) is 0 Å². The van der Waals surface area contributed by atoms with Crippen LogP contribution in [0, 0.1) is 5.92 Å². The van der Waals surface area contributed by atoms with Crippen LogP contribution in [-0.4, -0.2) is 19.9 Å². The van der Waals surface area contributed by atoms with Crippen molar-refractivity contribution < 1.29 is 0 Å². The summed E-state index contributed by atoms with van der Waals surface area (Å²) in [6, 6.07) is 45.6. The van der Waals surface area contributed by atoms with Gasteiger partial charge in [0.15, 0.2) is 5.82 Å². The maximum atomic E-state index is 5.28. The number of hydrogen-bond acceptors (Lipinski definition) is 4. The van der Waals surface area contributed by atoms with E-state index in [2.05, 4.69) is 207 Å². The average molecular weight is 825 g/mol. The molecule has 4 nitrogen and oxygen atoms in total. The Bertz CT molecular complexity index is 3140. The molecule has 7 aromatic rings. The van der Waals surface area contributed by atoms with Gasteiger partial charge in [0, 0.05) is 34.6 Å². The van der Waals surface area contributed by atoms with E-state index in [-0.39, 0.29) is 23.2 Å². The fourth-order valence-corrected chi connectivity index (χ4v) is 11.2. The van der Waals surface area contributed by atoms with Crippen LogP contribution in [0.2, 0.25) is 0 Å². The molecule has 5 aliphatic rings. The molecule has 12 rings (SSSR count). The molecule has 64 heavy (non-hydrogen) atoms. The Morgan fingerprint density at radius 3 is 1.53 bits per heavy atom. The normalized spacial score (nSPS) is 21.7. The van der Waals surface area contributed by atoms with E-state index < -0.39 is 5.41 Å². The third-order valence-electron chi connectivity index (χ3n) is 14.5. The molecule has 4 atom stereocenters. The van der Waals surface area contributed by atoms with Crippen LogP contribution >= 0.6 is 0 Å². The molecule has 0 N–H and O–H groups in total. The Balaban J connectivity index is 1.01. The van der Waals surface area contributed by atoms with Gasteiger partial charge in [-0.3, -0.25) is 4.98 Å². The molecular weight excluding hydrogens is 777 g/mol. The molecule has 4 heteroatoms. The number of fused-ring (bicyclic) bond motifs is 6. The van der Waals surface area contributed by atoms with E-state index >= 15 is 0 Å². The fraction of sp³-hybridized carbons (Fsp3) is 0.167. The Kier molecular flexibility index (Phi) is 9.12. The lowest BCUT2D eigenvalue weighted by atomic mass is 9.62. The summed E-state index contributed by atoms with van der Waals surface area (Å²) in [5.41, 5.74) is 16.8. The second-order valence-corrected chi connectivity index (χ2v) is 18.4. The fourth-order valence-electron chi connectivity index (χ4n) is 11.2. The summed E-state index contributed by atoms with van der Waals surface area (Å²) < 4.78 is 0. The van der Waals surface area contributed by atoms with Gasteiger partial charge in [-0.1, -0.05) is 172 Å². The van der Waals surface area contributed by atoms with E-state index in [1.165, 1.54) is 61.2 Å². The van der Waals surface area contributed by atoms with Crippen LogP contribution in [0.15, 0.2) is 200 Å². The summed E-state index contributed by atoms with van der Waals surface area (Å²) in [7, 11) is 0. The first-order chi connectivity index (χ1) is 31.5. The molecule has 5 aromatic carbocycles. The number of nitrogens with zero attached hydrogens (tertiary/aromatic N) is 4. The van der Waals surface area contributed by atoms with Gasteiger partial charge in [-0.25, -0.2) is 15.0 Å². The summed E-state index contributed by atoms with van der Waals surface area (Å²) in [4.78, 5) is 20.4. The number of hydrogen-bond donors (Lipinski definition) is 0. The van der Waals surface area contributed by atoms with E-state index in [4.69, 9.17) is 15.0 Å². The zero-order valence-electron chi connectivity index (χ0n) is 36.2. The molecule has 0 radical (unpaired) electrons. The smallest absolute Gasteiger partial charge is 0.163 e. The van der Waals surface area contributed by atoms with Crippen molar-refractivity contribution in [1.29, 1.82) is 0 Å². The largest absolute Gasteiger partial charge is 0.256 e. The quantitative estimate of drug-likeness (QED) is 0.161. The van der Waals surface area contributed by atoms with Crippen molar-refractivity contribution in [3.8, 4) is 56.0 Å². The Hall–Kier alpha value is -7.30. The zero-order valence-corrected chi connectivity index (χ0v) is 36.2. The first-order valence-corrected chi connectivity index (χ1v) is 22.8. The van der Waals surface area contributed by atoms with Crippen LogP contribution in [0.3, 0.4) is 0 Å². The summed E-state index contributed by atoms with van der Waals surface area (Å²) in [6.45, 7) is 4.74. The van der Waals surface area contributed by atoms with E-state index in [9.17, 15) is 0 Å². The lowest BCUT2D eigenvalue weighted by Gasteiger charge is -2.40. The van der Waals surface area contributed by atoms with E-state index in [0.29, 0.717) is 0 Å². The molecule has 308 valence electrons. The van der Waals surface area contributed by atoms with Crippen LogP contribution in [0.4, 0.5) is 0 Å². The predicted molar refractivity (Wildman–Crippen MR) is 261 cm³/mol. The molecule has 0 bridgehead atoms. The molecule has 0 saturated heterocycles. The van der Waals surface area contributed by atoms with Gasteiger partial charge in [-0.05, 0) is 123 Å². The van der Waals surface area contributed by atoms with Gasteiger partial charge in [-0.15, -0.1) is 0 Å². The van der Waals surface area contributed by atoms with Gasteiger partial charge in [-0.2, -0.15) is 0 Å². The van der Waals surface area contributed by atoms with Crippen molar-refractivity contribution in [1.82, 2.24) is 19.9 Å². The Morgan fingerprint density at radius 1 is 0.453 bits per heavy atom. The number of benzene rings is 5. The minimum Gasteiger partial charge on any atom is -0.256 e. The minimum absolute atomic E-state index is 0.108. The molecule has 0 saturated carbocycles. The molecule has 4 unspecified atom stereocenters. The highest BCUT2D eigenvalue weighted by Crippen LogP contribution is 2.59. The molecule has 2 heterocycles. The number of aromatic nitrogens is 4. The molecule has 5 aliphatic carbocycles. The zero-order chi connectivity index (χ0) is 42.8. The SMILES string of the molecule is CC1(C)c2cc(-c3ccc4c(c3)C(c3ccccc3)(C3C=CC=CC3)c3cc(-c5nc(C6C=CC=CC6)nc(C6C=CC=CC6)n5)ccc3-4)ccc2-c2ccc(-c3ccccn3)cc21. The minimum atomic E-state index is -0.472. The van der Waals surface area contributed by atoms with Crippen LogP contribution in [0.25, 0.3) is 56.0 Å². The highest BCUT2D eigenvalue weighted by Gasteiger charge is 2.49. The molecular formula is C60H48N4. The van der Waals surface area contributed by atoms with Gasteiger partial charge < -0.3 is 0 Å². The highest BCUT2D eigenvalue weighted by molar-refractivity contribution is 5.90. The van der Waals surface area contributed by atoms with Gasteiger partial charge >= 0.3 is 0 Å². The predicted octanol–water partition coefficient (Wildman–Crippen LogP) is 14.2.